The van der Waals surface area contributed by atoms with E-state index in [0.717, 1.165) is 19.5 Å². The van der Waals surface area contributed by atoms with Crippen molar-refractivity contribution in [2.45, 2.75) is 53.0 Å². The summed E-state index contributed by atoms with van der Waals surface area (Å²) in [6.45, 7) is 10.1. The van der Waals surface area contributed by atoms with Gasteiger partial charge in [-0.15, -0.1) is 0 Å². The topological polar surface area (TPSA) is 46.3 Å². The Labute approximate surface area is 99.4 Å². The van der Waals surface area contributed by atoms with E-state index in [0.29, 0.717) is 5.92 Å². The van der Waals surface area contributed by atoms with Gasteiger partial charge in [0.05, 0.1) is 6.04 Å². The van der Waals surface area contributed by atoms with Crippen LogP contribution in [-0.4, -0.2) is 29.9 Å². The highest BCUT2D eigenvalue weighted by Gasteiger charge is 2.34. The summed E-state index contributed by atoms with van der Waals surface area (Å²) < 4.78 is 0. The molecule has 1 unspecified atom stereocenters. The Balaban J connectivity index is 2.51. The number of carbonyl (C=O) groups excluding carboxylic acids is 1. The largest absolute Gasteiger partial charge is 0.341 e. The van der Waals surface area contributed by atoms with Crippen LogP contribution in [0.5, 0.6) is 0 Å². The number of hydrogen-bond donors (Lipinski definition) is 1. The van der Waals surface area contributed by atoms with E-state index in [2.05, 4.69) is 6.92 Å². The molecule has 1 amide bonds. The number of nitrogens with two attached hydrogens (primary N) is 1. The summed E-state index contributed by atoms with van der Waals surface area (Å²) >= 11 is 0. The normalized spacial score (nSPS) is 23.6. The molecule has 0 aromatic heterocycles. The summed E-state index contributed by atoms with van der Waals surface area (Å²) in [5, 5.41) is 0. The maximum Gasteiger partial charge on any atom is 0.240 e. The van der Waals surface area contributed by atoms with Gasteiger partial charge in [-0.1, -0.05) is 34.1 Å². The van der Waals surface area contributed by atoms with Crippen LogP contribution in [0.25, 0.3) is 0 Å². The fourth-order valence-corrected chi connectivity index (χ4v) is 2.24. The summed E-state index contributed by atoms with van der Waals surface area (Å²) in [7, 11) is 0. The van der Waals surface area contributed by atoms with Gasteiger partial charge in [0, 0.05) is 13.1 Å². The lowest BCUT2D eigenvalue weighted by Crippen LogP contribution is -2.49. The fourth-order valence-electron chi connectivity index (χ4n) is 2.24. The van der Waals surface area contributed by atoms with Gasteiger partial charge in [0.1, 0.15) is 0 Å². The second-order valence-electron chi connectivity index (χ2n) is 6.07. The van der Waals surface area contributed by atoms with Gasteiger partial charge in [-0.2, -0.15) is 0 Å². The van der Waals surface area contributed by atoms with Crippen molar-refractivity contribution in [1.29, 1.82) is 0 Å². The molecule has 2 atom stereocenters. The molecule has 1 saturated heterocycles. The van der Waals surface area contributed by atoms with Gasteiger partial charge in [-0.05, 0) is 24.2 Å². The minimum absolute atomic E-state index is 0.131. The van der Waals surface area contributed by atoms with E-state index in [9.17, 15) is 4.79 Å². The third kappa shape index (κ3) is 3.21. The molecule has 0 aliphatic carbocycles. The molecule has 0 saturated carbocycles. The smallest absolute Gasteiger partial charge is 0.240 e. The molecule has 94 valence electrons. The van der Waals surface area contributed by atoms with Crippen molar-refractivity contribution in [3.63, 3.8) is 0 Å². The Morgan fingerprint density at radius 1 is 1.50 bits per heavy atom. The van der Waals surface area contributed by atoms with Crippen LogP contribution in [-0.2, 0) is 4.79 Å². The first-order chi connectivity index (χ1) is 7.36. The molecule has 1 aliphatic heterocycles. The second-order valence-corrected chi connectivity index (χ2v) is 6.07. The van der Waals surface area contributed by atoms with Crippen LogP contribution in [0.4, 0.5) is 0 Å². The molecule has 1 heterocycles. The first-order valence-electron chi connectivity index (χ1n) is 6.40. The van der Waals surface area contributed by atoms with E-state index in [-0.39, 0.29) is 17.4 Å². The minimum Gasteiger partial charge on any atom is -0.341 e. The highest BCUT2D eigenvalue weighted by Crippen LogP contribution is 2.25. The number of hydrogen-bond acceptors (Lipinski definition) is 2. The molecule has 3 nitrogen and oxygen atoms in total. The van der Waals surface area contributed by atoms with Crippen molar-refractivity contribution >= 4 is 5.91 Å². The lowest BCUT2D eigenvalue weighted by Gasteiger charge is -2.30. The zero-order valence-corrected chi connectivity index (χ0v) is 11.1. The zero-order chi connectivity index (χ0) is 12.3. The predicted octanol–water partition coefficient (Wildman–Crippen LogP) is 2.01. The summed E-state index contributed by atoms with van der Waals surface area (Å²) in [5.74, 6) is 0.826. The average molecular weight is 226 g/mol. The maximum atomic E-state index is 12.1. The minimum atomic E-state index is -0.368. The first kappa shape index (κ1) is 13.5. The predicted molar refractivity (Wildman–Crippen MR) is 67.0 cm³/mol. The monoisotopic (exact) mass is 226 g/mol. The molecule has 3 heteroatoms. The van der Waals surface area contributed by atoms with E-state index in [1.807, 2.05) is 25.7 Å². The lowest BCUT2D eigenvalue weighted by atomic mass is 9.86. The first-order valence-corrected chi connectivity index (χ1v) is 6.40. The van der Waals surface area contributed by atoms with Crippen LogP contribution < -0.4 is 5.73 Å². The molecule has 0 radical (unpaired) electrons. The Bertz CT molecular complexity index is 245. The fraction of sp³-hybridized carbons (Fsp3) is 0.923. The van der Waals surface area contributed by atoms with Crippen molar-refractivity contribution in [1.82, 2.24) is 4.90 Å². The van der Waals surface area contributed by atoms with Crippen molar-refractivity contribution in [3.8, 4) is 0 Å². The molecule has 0 aromatic rings. The summed E-state index contributed by atoms with van der Waals surface area (Å²) in [4.78, 5) is 14.1. The van der Waals surface area contributed by atoms with Crippen molar-refractivity contribution < 1.29 is 4.79 Å². The van der Waals surface area contributed by atoms with Gasteiger partial charge in [0.2, 0.25) is 5.91 Å². The van der Waals surface area contributed by atoms with Crippen LogP contribution in [0.3, 0.4) is 0 Å². The Kier molecular flexibility index (Phi) is 4.36. The molecular weight excluding hydrogens is 200 g/mol. The molecule has 0 bridgehead atoms. The number of amides is 1. The Hall–Kier alpha value is -0.570. The molecule has 1 rings (SSSR count). The Morgan fingerprint density at radius 2 is 2.12 bits per heavy atom. The molecule has 1 aliphatic rings. The molecule has 16 heavy (non-hydrogen) atoms. The van der Waals surface area contributed by atoms with Crippen LogP contribution in [0.15, 0.2) is 0 Å². The number of carbonyl (C=O) groups is 1. The molecular formula is C13H26N2O. The van der Waals surface area contributed by atoms with Crippen molar-refractivity contribution in [2.75, 3.05) is 13.1 Å². The van der Waals surface area contributed by atoms with Crippen molar-refractivity contribution in [3.05, 3.63) is 0 Å². The lowest BCUT2D eigenvalue weighted by molar-refractivity contribution is -0.134. The Morgan fingerprint density at radius 3 is 2.62 bits per heavy atom. The summed E-state index contributed by atoms with van der Waals surface area (Å²) in [6, 6.07) is -0.368. The van der Waals surface area contributed by atoms with Crippen LogP contribution in [0.2, 0.25) is 0 Å². The quantitative estimate of drug-likeness (QED) is 0.800. The highest BCUT2D eigenvalue weighted by atomic mass is 16.2. The summed E-state index contributed by atoms with van der Waals surface area (Å²) in [6.07, 6.45) is 3.59. The standard InChI is InChI=1S/C13H26N2O/c1-5-6-10-7-8-15(9-10)12(16)11(14)13(2,3)4/h10-11H,5-9,14H2,1-4H3/t10?,11-/m1/s1. The van der Waals surface area contributed by atoms with Crippen LogP contribution >= 0.6 is 0 Å². The van der Waals surface area contributed by atoms with E-state index >= 15 is 0 Å². The van der Waals surface area contributed by atoms with E-state index in [4.69, 9.17) is 5.73 Å². The highest BCUT2D eigenvalue weighted by molar-refractivity contribution is 5.82. The SMILES string of the molecule is CCCC1CCN(C(=O)[C@@H](N)C(C)(C)C)C1. The van der Waals surface area contributed by atoms with E-state index in [1.165, 1.54) is 12.8 Å². The molecule has 1 fully saturated rings. The second kappa shape index (κ2) is 5.17. The number of nitrogens with zero attached hydrogens (tertiary/aromatic N) is 1. The van der Waals surface area contributed by atoms with Crippen molar-refractivity contribution in [2.24, 2.45) is 17.1 Å². The number of likely N-dealkylation sites (tertiary alicyclic amines) is 1. The zero-order valence-electron chi connectivity index (χ0n) is 11.1. The van der Waals surface area contributed by atoms with Gasteiger partial charge >= 0.3 is 0 Å². The molecule has 0 spiro atoms. The van der Waals surface area contributed by atoms with Gasteiger partial charge < -0.3 is 10.6 Å². The third-order valence-electron chi connectivity index (χ3n) is 3.49. The van der Waals surface area contributed by atoms with Gasteiger partial charge in [0.25, 0.3) is 0 Å². The number of rotatable bonds is 3. The van der Waals surface area contributed by atoms with Gasteiger partial charge in [0.15, 0.2) is 0 Å². The maximum absolute atomic E-state index is 12.1. The van der Waals surface area contributed by atoms with Gasteiger partial charge in [-0.25, -0.2) is 0 Å². The van der Waals surface area contributed by atoms with E-state index in [1.54, 1.807) is 0 Å². The average Bonchev–Trinajstić information content (AvgIpc) is 2.63. The third-order valence-corrected chi connectivity index (χ3v) is 3.49. The molecule has 2 N–H and O–H groups in total. The molecule has 0 aromatic carbocycles. The van der Waals surface area contributed by atoms with Crippen LogP contribution in [0, 0.1) is 11.3 Å². The van der Waals surface area contributed by atoms with Gasteiger partial charge in [-0.3, -0.25) is 4.79 Å². The van der Waals surface area contributed by atoms with Crippen LogP contribution in [0.1, 0.15) is 47.0 Å². The van der Waals surface area contributed by atoms with E-state index < -0.39 is 0 Å². The summed E-state index contributed by atoms with van der Waals surface area (Å²) in [5.41, 5.74) is 5.86.